The molecule has 1 aliphatic rings. The SMILES string of the molecule is O=C1CN(c2ccc(S(=O)(=O)Nc3ccccn3)cc2)c2nc3ccccc3c(=O)n2N1. The van der Waals surface area contributed by atoms with Crippen LogP contribution in [0, 0.1) is 0 Å². The van der Waals surface area contributed by atoms with Crippen LogP contribution < -0.4 is 20.6 Å². The number of aromatic nitrogens is 3. The third-order valence-corrected chi connectivity index (χ3v) is 6.27. The Balaban J connectivity index is 1.52. The molecule has 3 heterocycles. The molecule has 1 amide bonds. The van der Waals surface area contributed by atoms with Gasteiger partial charge in [-0.25, -0.2) is 18.4 Å². The van der Waals surface area contributed by atoms with Crippen molar-refractivity contribution in [3.8, 4) is 0 Å². The van der Waals surface area contributed by atoms with Gasteiger partial charge in [-0.1, -0.05) is 18.2 Å². The number of para-hydroxylation sites is 1. The highest BCUT2D eigenvalue weighted by Crippen LogP contribution is 2.27. The van der Waals surface area contributed by atoms with Crippen molar-refractivity contribution in [3.05, 3.63) is 83.3 Å². The molecule has 0 saturated heterocycles. The fraction of sp³-hybridized carbons (Fsp3) is 0.0476. The van der Waals surface area contributed by atoms with Crippen molar-refractivity contribution in [2.45, 2.75) is 4.90 Å². The van der Waals surface area contributed by atoms with Gasteiger partial charge in [0.05, 0.1) is 15.8 Å². The fourth-order valence-corrected chi connectivity index (χ4v) is 4.42. The van der Waals surface area contributed by atoms with Crippen LogP contribution in [0.4, 0.5) is 17.5 Å². The van der Waals surface area contributed by atoms with E-state index >= 15 is 0 Å². The zero-order chi connectivity index (χ0) is 22.3. The van der Waals surface area contributed by atoms with E-state index in [0.717, 1.165) is 4.68 Å². The highest BCUT2D eigenvalue weighted by molar-refractivity contribution is 7.92. The van der Waals surface area contributed by atoms with Crippen LogP contribution in [0.15, 0.2) is 82.6 Å². The Morgan fingerprint density at radius 2 is 1.69 bits per heavy atom. The van der Waals surface area contributed by atoms with E-state index in [1.807, 2.05) is 0 Å². The number of pyridine rings is 1. The maximum atomic E-state index is 12.8. The Labute approximate surface area is 182 Å². The number of hydrogen-bond acceptors (Lipinski definition) is 7. The Morgan fingerprint density at radius 1 is 0.938 bits per heavy atom. The number of nitrogens with one attached hydrogen (secondary N) is 2. The number of carbonyl (C=O) groups excluding carboxylic acids is 1. The molecule has 0 spiro atoms. The highest BCUT2D eigenvalue weighted by atomic mass is 32.2. The predicted molar refractivity (Wildman–Crippen MR) is 119 cm³/mol. The monoisotopic (exact) mass is 448 g/mol. The zero-order valence-electron chi connectivity index (χ0n) is 16.5. The predicted octanol–water partition coefficient (Wildman–Crippen LogP) is 1.81. The molecule has 11 heteroatoms. The Morgan fingerprint density at radius 3 is 2.44 bits per heavy atom. The minimum Gasteiger partial charge on any atom is -0.301 e. The maximum Gasteiger partial charge on any atom is 0.281 e. The number of nitrogens with zero attached hydrogens (tertiary/aromatic N) is 4. The molecule has 5 rings (SSSR count). The number of carbonyl (C=O) groups is 1. The number of benzene rings is 2. The summed E-state index contributed by atoms with van der Waals surface area (Å²) in [5.41, 5.74) is 3.13. The molecule has 0 bridgehead atoms. The summed E-state index contributed by atoms with van der Waals surface area (Å²) in [5, 5.41) is 0.375. The molecule has 0 atom stereocenters. The summed E-state index contributed by atoms with van der Waals surface area (Å²) in [7, 11) is -3.85. The van der Waals surface area contributed by atoms with Gasteiger partial charge >= 0.3 is 0 Å². The van der Waals surface area contributed by atoms with Gasteiger partial charge in [0.25, 0.3) is 21.5 Å². The molecule has 2 aromatic carbocycles. The van der Waals surface area contributed by atoms with Gasteiger partial charge in [-0.2, -0.15) is 4.68 Å². The number of amides is 1. The van der Waals surface area contributed by atoms with E-state index in [4.69, 9.17) is 0 Å². The molecule has 0 radical (unpaired) electrons. The van der Waals surface area contributed by atoms with Gasteiger partial charge in [0, 0.05) is 11.9 Å². The quantitative estimate of drug-likeness (QED) is 0.488. The number of rotatable bonds is 4. The summed E-state index contributed by atoms with van der Waals surface area (Å²) in [6.07, 6.45) is 1.48. The summed E-state index contributed by atoms with van der Waals surface area (Å²) in [6.45, 7) is -0.0803. The number of hydrogen-bond donors (Lipinski definition) is 2. The van der Waals surface area contributed by atoms with E-state index in [1.165, 1.54) is 18.3 Å². The molecule has 160 valence electrons. The lowest BCUT2D eigenvalue weighted by molar-refractivity contribution is -0.116. The summed E-state index contributed by atoms with van der Waals surface area (Å²) < 4.78 is 28.8. The third-order valence-electron chi connectivity index (χ3n) is 4.90. The van der Waals surface area contributed by atoms with Crippen LogP contribution in [-0.2, 0) is 14.8 Å². The van der Waals surface area contributed by atoms with Crippen LogP contribution in [0.1, 0.15) is 0 Å². The summed E-state index contributed by atoms with van der Waals surface area (Å²) in [5.74, 6) is 0.0365. The van der Waals surface area contributed by atoms with Crippen molar-refractivity contribution in [1.29, 1.82) is 0 Å². The Bertz CT molecular complexity index is 1500. The number of anilines is 3. The molecule has 4 aromatic rings. The number of fused-ring (bicyclic) bond motifs is 2. The van der Waals surface area contributed by atoms with Crippen LogP contribution in [0.25, 0.3) is 10.9 Å². The summed E-state index contributed by atoms with van der Waals surface area (Å²) in [6, 6.07) is 17.7. The minimum absolute atomic E-state index is 0.0252. The van der Waals surface area contributed by atoms with Crippen molar-refractivity contribution in [1.82, 2.24) is 14.6 Å². The lowest BCUT2D eigenvalue weighted by Crippen LogP contribution is -2.47. The van der Waals surface area contributed by atoms with Crippen molar-refractivity contribution in [2.75, 3.05) is 21.6 Å². The first-order chi connectivity index (χ1) is 15.4. The molecule has 0 saturated carbocycles. The first-order valence-electron chi connectivity index (χ1n) is 9.55. The lowest BCUT2D eigenvalue weighted by Gasteiger charge is -2.30. The van der Waals surface area contributed by atoms with Crippen molar-refractivity contribution >= 4 is 44.3 Å². The highest BCUT2D eigenvalue weighted by Gasteiger charge is 2.27. The van der Waals surface area contributed by atoms with Crippen molar-refractivity contribution in [2.24, 2.45) is 0 Å². The molecule has 0 aliphatic carbocycles. The van der Waals surface area contributed by atoms with Crippen molar-refractivity contribution < 1.29 is 13.2 Å². The van der Waals surface area contributed by atoms with Gasteiger partial charge in [0.15, 0.2) is 0 Å². The van der Waals surface area contributed by atoms with Crippen LogP contribution >= 0.6 is 0 Å². The number of sulfonamides is 1. The third kappa shape index (κ3) is 3.44. The molecule has 0 fully saturated rings. The summed E-state index contributed by atoms with van der Waals surface area (Å²) in [4.78, 5) is 35.2. The van der Waals surface area contributed by atoms with Gasteiger partial charge in [0.1, 0.15) is 12.4 Å². The Kier molecular flexibility index (Phi) is 4.59. The van der Waals surface area contributed by atoms with E-state index < -0.39 is 21.5 Å². The second-order valence-corrected chi connectivity index (χ2v) is 8.69. The second-order valence-electron chi connectivity index (χ2n) is 7.01. The molecular formula is C21H16N6O4S. The van der Waals surface area contributed by atoms with E-state index in [9.17, 15) is 18.0 Å². The standard InChI is InChI=1S/C21H16N6O4S/c28-19-13-26(21-23-17-6-2-1-5-16(17)20(29)27(21)24-19)14-8-10-15(11-9-14)32(30,31)25-18-7-3-4-12-22-18/h1-12H,13H2,(H,22,25)(H,24,28). The average Bonchev–Trinajstić information content (AvgIpc) is 2.80. The zero-order valence-corrected chi connectivity index (χ0v) is 17.3. The van der Waals surface area contributed by atoms with Gasteiger partial charge in [-0.05, 0) is 48.5 Å². The molecular weight excluding hydrogens is 432 g/mol. The smallest absolute Gasteiger partial charge is 0.281 e. The van der Waals surface area contributed by atoms with Crippen LogP contribution in [0.2, 0.25) is 0 Å². The lowest BCUT2D eigenvalue weighted by atomic mass is 10.2. The van der Waals surface area contributed by atoms with E-state index in [-0.39, 0.29) is 23.2 Å². The molecule has 0 unspecified atom stereocenters. The molecule has 2 N–H and O–H groups in total. The van der Waals surface area contributed by atoms with Crippen LogP contribution in [0.5, 0.6) is 0 Å². The maximum absolute atomic E-state index is 12.8. The first kappa shape index (κ1) is 19.7. The van der Waals surface area contributed by atoms with Crippen LogP contribution in [-0.4, -0.2) is 35.5 Å². The average molecular weight is 448 g/mol. The fourth-order valence-electron chi connectivity index (χ4n) is 3.41. The normalized spacial score (nSPS) is 13.5. The van der Waals surface area contributed by atoms with Gasteiger partial charge < -0.3 is 4.90 Å². The second kappa shape index (κ2) is 7.46. The van der Waals surface area contributed by atoms with Gasteiger partial charge in [-0.3, -0.25) is 19.7 Å². The van der Waals surface area contributed by atoms with E-state index in [0.29, 0.717) is 16.6 Å². The first-order valence-corrected chi connectivity index (χ1v) is 11.0. The summed E-state index contributed by atoms with van der Waals surface area (Å²) >= 11 is 0. The topological polar surface area (TPSA) is 126 Å². The van der Waals surface area contributed by atoms with E-state index in [2.05, 4.69) is 20.1 Å². The molecule has 10 nitrogen and oxygen atoms in total. The molecule has 2 aromatic heterocycles. The molecule has 1 aliphatic heterocycles. The van der Waals surface area contributed by atoms with E-state index in [1.54, 1.807) is 59.5 Å². The van der Waals surface area contributed by atoms with Crippen molar-refractivity contribution in [3.63, 3.8) is 0 Å². The Hall–Kier alpha value is -4.25. The largest absolute Gasteiger partial charge is 0.301 e. The van der Waals surface area contributed by atoms with Gasteiger partial charge in [0.2, 0.25) is 5.95 Å². The van der Waals surface area contributed by atoms with Crippen LogP contribution in [0.3, 0.4) is 0 Å². The van der Waals surface area contributed by atoms with Gasteiger partial charge in [-0.15, -0.1) is 0 Å². The molecule has 32 heavy (non-hydrogen) atoms. The minimum atomic E-state index is -3.85.